The van der Waals surface area contributed by atoms with Crippen LogP contribution in [0.4, 0.5) is 11.4 Å². The van der Waals surface area contributed by atoms with Crippen molar-refractivity contribution in [2.75, 3.05) is 12.4 Å². The topological polar surface area (TPSA) is 111 Å². The lowest BCUT2D eigenvalue weighted by Crippen LogP contribution is -2.34. The van der Waals surface area contributed by atoms with Crippen LogP contribution < -0.4 is 15.4 Å². The fraction of sp³-hybridized carbons (Fsp3) is 0.222. The number of hydrogen-bond donors (Lipinski definition) is 2. The predicted molar refractivity (Wildman–Crippen MR) is 95.9 cm³/mol. The Bertz CT molecular complexity index is 818. The largest absolute Gasteiger partial charge is 0.497 e. The van der Waals surface area contributed by atoms with Crippen LogP contribution in [0.15, 0.2) is 42.5 Å². The van der Waals surface area contributed by atoms with Crippen molar-refractivity contribution in [2.45, 2.75) is 19.9 Å². The molecule has 0 radical (unpaired) electrons. The highest BCUT2D eigenvalue weighted by atomic mass is 16.6. The van der Waals surface area contributed by atoms with E-state index in [1.165, 1.54) is 12.1 Å². The van der Waals surface area contributed by atoms with E-state index in [0.717, 1.165) is 5.56 Å². The molecule has 0 aliphatic heterocycles. The lowest BCUT2D eigenvalue weighted by atomic mass is 10.1. The molecule has 2 amide bonds. The summed E-state index contributed by atoms with van der Waals surface area (Å²) in [4.78, 5) is 34.4. The lowest BCUT2D eigenvalue weighted by molar-refractivity contribution is -0.385. The molecule has 0 fully saturated rings. The summed E-state index contributed by atoms with van der Waals surface area (Å²) in [5.74, 6) is -1.03. The second kappa shape index (κ2) is 8.61. The van der Waals surface area contributed by atoms with Crippen molar-refractivity contribution in [3.8, 4) is 5.75 Å². The first kappa shape index (κ1) is 18.9. The highest BCUT2D eigenvalue weighted by Crippen LogP contribution is 2.23. The molecule has 0 heterocycles. The van der Waals surface area contributed by atoms with E-state index < -0.39 is 16.7 Å². The molecule has 2 aromatic carbocycles. The van der Waals surface area contributed by atoms with Gasteiger partial charge in [-0.15, -0.1) is 0 Å². The van der Waals surface area contributed by atoms with Crippen molar-refractivity contribution in [1.82, 2.24) is 5.32 Å². The molecule has 0 saturated carbocycles. The number of nitrogens with zero attached hydrogens (tertiary/aromatic N) is 1. The van der Waals surface area contributed by atoms with Crippen molar-refractivity contribution < 1.29 is 19.2 Å². The molecule has 0 aromatic heterocycles. The molecule has 2 rings (SSSR count). The fourth-order valence-corrected chi connectivity index (χ4v) is 2.30. The average Bonchev–Trinajstić information content (AvgIpc) is 2.66. The van der Waals surface area contributed by atoms with E-state index in [1.807, 2.05) is 0 Å². The number of methoxy groups -OCH3 is 1. The molecule has 8 heteroatoms. The number of nitro benzene ring substituents is 1. The normalized spacial score (nSPS) is 10.1. The Balaban J connectivity index is 1.97. The molecule has 8 nitrogen and oxygen atoms in total. The van der Waals surface area contributed by atoms with Gasteiger partial charge < -0.3 is 15.4 Å². The Kier molecular flexibility index (Phi) is 6.26. The smallest absolute Gasteiger partial charge is 0.313 e. The van der Waals surface area contributed by atoms with E-state index in [-0.39, 0.29) is 17.9 Å². The van der Waals surface area contributed by atoms with Crippen LogP contribution in [0.25, 0.3) is 0 Å². The van der Waals surface area contributed by atoms with Crippen LogP contribution in [0.5, 0.6) is 5.75 Å². The van der Waals surface area contributed by atoms with Crippen molar-refractivity contribution >= 4 is 23.2 Å². The van der Waals surface area contributed by atoms with Crippen LogP contribution in [-0.4, -0.2) is 23.8 Å². The molecule has 136 valence electrons. The van der Waals surface area contributed by atoms with Gasteiger partial charge in [-0.1, -0.05) is 25.1 Å². The molecular weight excluding hydrogens is 338 g/mol. The molecule has 2 aromatic rings. The van der Waals surface area contributed by atoms with Gasteiger partial charge in [-0.2, -0.15) is 0 Å². The zero-order chi connectivity index (χ0) is 19.1. The molecule has 0 saturated heterocycles. The number of hydrogen-bond acceptors (Lipinski definition) is 5. The van der Waals surface area contributed by atoms with Gasteiger partial charge in [0.05, 0.1) is 12.0 Å². The Hall–Kier alpha value is -3.42. The van der Waals surface area contributed by atoms with Gasteiger partial charge in [-0.3, -0.25) is 19.7 Å². The Morgan fingerprint density at radius 2 is 1.81 bits per heavy atom. The molecule has 0 aliphatic carbocycles. The summed E-state index contributed by atoms with van der Waals surface area (Å²) in [5, 5.41) is 15.9. The lowest BCUT2D eigenvalue weighted by Gasteiger charge is -2.08. The zero-order valence-electron chi connectivity index (χ0n) is 14.4. The van der Waals surface area contributed by atoms with Gasteiger partial charge in [0, 0.05) is 23.9 Å². The van der Waals surface area contributed by atoms with Gasteiger partial charge in [0.15, 0.2) is 0 Å². The SMILES string of the molecule is CCc1ccc(NC(=O)C(=O)NCc2ccc(OC)cc2)cc1[N+](=O)[O-]. The Labute approximate surface area is 150 Å². The molecule has 0 atom stereocenters. The third-order valence-corrected chi connectivity index (χ3v) is 3.74. The summed E-state index contributed by atoms with van der Waals surface area (Å²) in [6.07, 6.45) is 0.493. The number of benzene rings is 2. The van der Waals surface area contributed by atoms with E-state index in [0.29, 0.717) is 17.7 Å². The van der Waals surface area contributed by atoms with Gasteiger partial charge in [-0.05, 0) is 30.2 Å². The van der Waals surface area contributed by atoms with Crippen LogP contribution >= 0.6 is 0 Å². The monoisotopic (exact) mass is 357 g/mol. The number of nitrogens with one attached hydrogen (secondary N) is 2. The number of ether oxygens (including phenoxy) is 1. The van der Waals surface area contributed by atoms with Crippen LogP contribution in [0.3, 0.4) is 0 Å². The minimum Gasteiger partial charge on any atom is -0.497 e. The van der Waals surface area contributed by atoms with Gasteiger partial charge >= 0.3 is 11.8 Å². The first-order chi connectivity index (χ1) is 12.4. The van der Waals surface area contributed by atoms with Crippen LogP contribution in [0.1, 0.15) is 18.1 Å². The highest BCUT2D eigenvalue weighted by molar-refractivity contribution is 6.39. The molecular formula is C18H19N3O5. The maximum absolute atomic E-state index is 12.0. The van der Waals surface area contributed by atoms with E-state index >= 15 is 0 Å². The average molecular weight is 357 g/mol. The van der Waals surface area contributed by atoms with E-state index in [9.17, 15) is 19.7 Å². The van der Waals surface area contributed by atoms with Crippen molar-refractivity contribution in [2.24, 2.45) is 0 Å². The standard InChI is InChI=1S/C18H19N3O5/c1-3-13-6-7-14(10-16(13)21(24)25)20-18(23)17(22)19-11-12-4-8-15(26-2)9-5-12/h4-10H,3,11H2,1-2H3,(H,19,22)(H,20,23). The van der Waals surface area contributed by atoms with Gasteiger partial charge in [0.1, 0.15) is 5.75 Å². The minimum absolute atomic E-state index is 0.0936. The van der Waals surface area contributed by atoms with E-state index in [4.69, 9.17) is 4.74 Å². The van der Waals surface area contributed by atoms with Crippen LogP contribution in [-0.2, 0) is 22.6 Å². The third kappa shape index (κ3) is 4.79. The van der Waals surface area contributed by atoms with Gasteiger partial charge in [0.25, 0.3) is 5.69 Å². The number of anilines is 1. The maximum atomic E-state index is 12.0. The Morgan fingerprint density at radius 3 is 2.38 bits per heavy atom. The number of carbonyl (C=O) groups excluding carboxylic acids is 2. The summed E-state index contributed by atoms with van der Waals surface area (Å²) in [7, 11) is 1.55. The Morgan fingerprint density at radius 1 is 1.12 bits per heavy atom. The molecule has 0 spiro atoms. The van der Waals surface area contributed by atoms with Gasteiger partial charge in [0.2, 0.25) is 0 Å². The number of amides is 2. The van der Waals surface area contributed by atoms with E-state index in [2.05, 4.69) is 10.6 Å². The first-order valence-electron chi connectivity index (χ1n) is 7.94. The molecule has 0 unspecified atom stereocenters. The minimum atomic E-state index is -0.892. The fourth-order valence-electron chi connectivity index (χ4n) is 2.30. The summed E-state index contributed by atoms with van der Waals surface area (Å²) in [6, 6.07) is 11.4. The second-order valence-corrected chi connectivity index (χ2v) is 5.44. The van der Waals surface area contributed by atoms with E-state index in [1.54, 1.807) is 44.4 Å². The number of nitro groups is 1. The van der Waals surface area contributed by atoms with Crippen molar-refractivity contribution in [3.05, 3.63) is 63.7 Å². The second-order valence-electron chi connectivity index (χ2n) is 5.44. The highest BCUT2D eigenvalue weighted by Gasteiger charge is 2.17. The van der Waals surface area contributed by atoms with Crippen LogP contribution in [0.2, 0.25) is 0 Å². The predicted octanol–water partition coefficient (Wildman–Crippen LogP) is 2.42. The summed E-state index contributed by atoms with van der Waals surface area (Å²) in [5.41, 5.74) is 1.45. The zero-order valence-corrected chi connectivity index (χ0v) is 14.4. The molecule has 2 N–H and O–H groups in total. The molecule has 0 aliphatic rings. The van der Waals surface area contributed by atoms with Crippen molar-refractivity contribution in [1.29, 1.82) is 0 Å². The van der Waals surface area contributed by atoms with Crippen molar-refractivity contribution in [3.63, 3.8) is 0 Å². The number of aryl methyl sites for hydroxylation is 1. The quantitative estimate of drug-likeness (QED) is 0.469. The summed E-state index contributed by atoms with van der Waals surface area (Å²) in [6.45, 7) is 1.97. The maximum Gasteiger partial charge on any atom is 0.313 e. The molecule has 0 bridgehead atoms. The summed E-state index contributed by atoms with van der Waals surface area (Å²) < 4.78 is 5.04. The number of rotatable bonds is 6. The summed E-state index contributed by atoms with van der Waals surface area (Å²) >= 11 is 0. The first-order valence-corrected chi connectivity index (χ1v) is 7.94. The van der Waals surface area contributed by atoms with Crippen LogP contribution in [0, 0.1) is 10.1 Å². The number of carbonyl (C=O) groups is 2. The molecule has 26 heavy (non-hydrogen) atoms. The van der Waals surface area contributed by atoms with Gasteiger partial charge in [-0.25, -0.2) is 0 Å². The third-order valence-electron chi connectivity index (χ3n) is 3.74.